The summed E-state index contributed by atoms with van der Waals surface area (Å²) in [6.07, 6.45) is 3.32. The SMILES string of the molecule is COc1cccc(N(C(=O)C(C)C)C2CCN(CCC(C)C)CC2)c1. The van der Waals surface area contributed by atoms with E-state index in [9.17, 15) is 4.79 Å². The van der Waals surface area contributed by atoms with Crippen molar-refractivity contribution in [1.29, 1.82) is 0 Å². The molecule has 0 unspecified atom stereocenters. The summed E-state index contributed by atoms with van der Waals surface area (Å²) in [5, 5.41) is 0. The maximum atomic E-state index is 12.9. The molecule has 0 aromatic heterocycles. The van der Waals surface area contributed by atoms with Crippen LogP contribution < -0.4 is 9.64 Å². The molecule has 0 radical (unpaired) electrons. The lowest BCUT2D eigenvalue weighted by molar-refractivity contribution is -0.122. The maximum absolute atomic E-state index is 12.9. The van der Waals surface area contributed by atoms with Gasteiger partial charge in [-0.2, -0.15) is 0 Å². The zero-order chi connectivity index (χ0) is 18.4. The molecule has 1 aliphatic heterocycles. The molecule has 0 aliphatic carbocycles. The van der Waals surface area contributed by atoms with E-state index in [4.69, 9.17) is 4.74 Å². The number of carbonyl (C=O) groups is 1. The third-order valence-electron chi connectivity index (χ3n) is 5.01. The van der Waals surface area contributed by atoms with E-state index in [2.05, 4.69) is 18.7 Å². The number of ether oxygens (including phenoxy) is 1. The Morgan fingerprint density at radius 3 is 2.48 bits per heavy atom. The van der Waals surface area contributed by atoms with E-state index >= 15 is 0 Å². The first-order chi connectivity index (χ1) is 11.9. The highest BCUT2D eigenvalue weighted by molar-refractivity contribution is 5.95. The fourth-order valence-corrected chi connectivity index (χ4v) is 3.40. The molecule has 0 atom stereocenters. The molecule has 1 aliphatic rings. The summed E-state index contributed by atoms with van der Waals surface area (Å²) < 4.78 is 5.36. The van der Waals surface area contributed by atoms with E-state index in [-0.39, 0.29) is 17.9 Å². The van der Waals surface area contributed by atoms with Crippen molar-refractivity contribution in [1.82, 2.24) is 4.90 Å². The second-order valence-electron chi connectivity index (χ2n) is 7.82. The van der Waals surface area contributed by atoms with Crippen molar-refractivity contribution >= 4 is 11.6 Å². The summed E-state index contributed by atoms with van der Waals surface area (Å²) in [5.74, 6) is 1.74. The van der Waals surface area contributed by atoms with Gasteiger partial charge < -0.3 is 14.5 Å². The predicted octanol–water partition coefficient (Wildman–Crippen LogP) is 4.19. The molecule has 140 valence electrons. The molecule has 0 N–H and O–H groups in total. The van der Waals surface area contributed by atoms with Gasteiger partial charge in [0.25, 0.3) is 0 Å². The molecular weight excluding hydrogens is 312 g/mol. The van der Waals surface area contributed by atoms with Crippen molar-refractivity contribution in [3.63, 3.8) is 0 Å². The predicted molar refractivity (Wildman–Crippen MR) is 104 cm³/mol. The van der Waals surface area contributed by atoms with Gasteiger partial charge in [-0.3, -0.25) is 4.79 Å². The zero-order valence-corrected chi connectivity index (χ0v) is 16.5. The molecule has 4 heteroatoms. The molecule has 1 fully saturated rings. The van der Waals surface area contributed by atoms with Gasteiger partial charge in [-0.15, -0.1) is 0 Å². The Labute approximate surface area is 153 Å². The Hall–Kier alpha value is -1.55. The minimum atomic E-state index is -0.00910. The molecule has 1 saturated heterocycles. The van der Waals surface area contributed by atoms with Crippen molar-refractivity contribution in [2.45, 2.75) is 53.0 Å². The number of piperidine rings is 1. The molecule has 2 rings (SSSR count). The Morgan fingerprint density at radius 2 is 1.92 bits per heavy atom. The van der Waals surface area contributed by atoms with Gasteiger partial charge in [0, 0.05) is 36.8 Å². The van der Waals surface area contributed by atoms with Crippen LogP contribution in [0.25, 0.3) is 0 Å². The third kappa shape index (κ3) is 5.46. The van der Waals surface area contributed by atoms with Gasteiger partial charge in [0.05, 0.1) is 7.11 Å². The number of benzene rings is 1. The van der Waals surface area contributed by atoms with Crippen LogP contribution in [0.3, 0.4) is 0 Å². The summed E-state index contributed by atoms with van der Waals surface area (Å²) in [4.78, 5) is 17.5. The number of nitrogens with zero attached hydrogens (tertiary/aromatic N) is 2. The fraction of sp³-hybridized carbons (Fsp3) is 0.667. The zero-order valence-electron chi connectivity index (χ0n) is 16.5. The van der Waals surface area contributed by atoms with Gasteiger partial charge in [-0.25, -0.2) is 0 Å². The summed E-state index contributed by atoms with van der Waals surface area (Å²) in [7, 11) is 1.67. The summed E-state index contributed by atoms with van der Waals surface area (Å²) >= 11 is 0. The average Bonchev–Trinajstić information content (AvgIpc) is 2.61. The number of likely N-dealkylation sites (tertiary alicyclic amines) is 1. The van der Waals surface area contributed by atoms with E-state index in [1.165, 1.54) is 13.0 Å². The summed E-state index contributed by atoms with van der Waals surface area (Å²) in [5.41, 5.74) is 0.957. The normalized spacial score (nSPS) is 16.4. The quantitative estimate of drug-likeness (QED) is 0.742. The standard InChI is InChI=1S/C21H34N2O2/c1-16(2)9-12-22-13-10-18(11-14-22)23(21(24)17(3)4)19-7-6-8-20(15-19)25-5/h6-8,15-18H,9-14H2,1-5H3. The molecule has 1 aromatic rings. The smallest absolute Gasteiger partial charge is 0.229 e. The highest BCUT2D eigenvalue weighted by Gasteiger charge is 2.30. The number of rotatable bonds is 7. The topological polar surface area (TPSA) is 32.8 Å². The number of carbonyl (C=O) groups excluding carboxylic acids is 1. The molecule has 0 saturated carbocycles. The maximum Gasteiger partial charge on any atom is 0.229 e. The van der Waals surface area contributed by atoms with Crippen LogP contribution in [-0.4, -0.2) is 43.6 Å². The van der Waals surface area contributed by atoms with Crippen molar-refractivity contribution in [2.75, 3.05) is 31.6 Å². The first-order valence-corrected chi connectivity index (χ1v) is 9.61. The van der Waals surface area contributed by atoms with Crippen molar-refractivity contribution in [2.24, 2.45) is 11.8 Å². The van der Waals surface area contributed by atoms with E-state index in [0.717, 1.165) is 43.3 Å². The largest absolute Gasteiger partial charge is 0.497 e. The van der Waals surface area contributed by atoms with Crippen LogP contribution in [0.4, 0.5) is 5.69 Å². The Bertz CT molecular complexity index is 549. The molecule has 1 heterocycles. The highest BCUT2D eigenvalue weighted by atomic mass is 16.5. The lowest BCUT2D eigenvalue weighted by atomic mass is 9.99. The summed E-state index contributed by atoms with van der Waals surface area (Å²) in [6.45, 7) is 11.8. The number of methoxy groups -OCH3 is 1. The van der Waals surface area contributed by atoms with E-state index in [1.54, 1.807) is 7.11 Å². The molecule has 0 bridgehead atoms. The number of anilines is 1. The van der Waals surface area contributed by atoms with Gasteiger partial charge in [-0.1, -0.05) is 33.8 Å². The van der Waals surface area contributed by atoms with Crippen LogP contribution >= 0.6 is 0 Å². The van der Waals surface area contributed by atoms with Crippen LogP contribution in [0.1, 0.15) is 47.0 Å². The lowest BCUT2D eigenvalue weighted by Gasteiger charge is -2.39. The van der Waals surface area contributed by atoms with E-state index in [1.807, 2.05) is 43.0 Å². The molecule has 0 spiro atoms. The second kappa shape index (κ2) is 9.23. The number of amides is 1. The molecular formula is C21H34N2O2. The Balaban J connectivity index is 2.11. The summed E-state index contributed by atoms with van der Waals surface area (Å²) in [6, 6.07) is 8.17. The fourth-order valence-electron chi connectivity index (χ4n) is 3.40. The van der Waals surface area contributed by atoms with Gasteiger partial charge in [0.1, 0.15) is 5.75 Å². The van der Waals surface area contributed by atoms with Crippen molar-refractivity contribution < 1.29 is 9.53 Å². The van der Waals surface area contributed by atoms with Crippen LogP contribution in [0.2, 0.25) is 0 Å². The van der Waals surface area contributed by atoms with Crippen molar-refractivity contribution in [3.05, 3.63) is 24.3 Å². The Kier molecular flexibility index (Phi) is 7.30. The van der Waals surface area contributed by atoms with Crippen LogP contribution in [-0.2, 0) is 4.79 Å². The van der Waals surface area contributed by atoms with E-state index in [0.29, 0.717) is 0 Å². The minimum Gasteiger partial charge on any atom is -0.497 e. The average molecular weight is 347 g/mol. The van der Waals surface area contributed by atoms with Gasteiger partial charge in [-0.05, 0) is 43.9 Å². The number of hydrogen-bond acceptors (Lipinski definition) is 3. The monoisotopic (exact) mass is 346 g/mol. The first kappa shape index (κ1) is 19.8. The van der Waals surface area contributed by atoms with E-state index < -0.39 is 0 Å². The van der Waals surface area contributed by atoms with Crippen molar-refractivity contribution in [3.8, 4) is 5.75 Å². The minimum absolute atomic E-state index is 0.00910. The lowest BCUT2D eigenvalue weighted by Crippen LogP contribution is -2.49. The third-order valence-corrected chi connectivity index (χ3v) is 5.01. The van der Waals surface area contributed by atoms with Gasteiger partial charge in [0.2, 0.25) is 5.91 Å². The van der Waals surface area contributed by atoms with Gasteiger partial charge in [0.15, 0.2) is 0 Å². The van der Waals surface area contributed by atoms with Crippen LogP contribution in [0.15, 0.2) is 24.3 Å². The molecule has 1 aromatic carbocycles. The number of hydrogen-bond donors (Lipinski definition) is 0. The van der Waals surface area contributed by atoms with Gasteiger partial charge >= 0.3 is 0 Å². The molecule has 4 nitrogen and oxygen atoms in total. The highest BCUT2D eigenvalue weighted by Crippen LogP contribution is 2.28. The molecule has 1 amide bonds. The molecule has 25 heavy (non-hydrogen) atoms. The second-order valence-corrected chi connectivity index (χ2v) is 7.82. The Morgan fingerprint density at radius 1 is 1.24 bits per heavy atom. The van der Waals surface area contributed by atoms with Crippen LogP contribution in [0, 0.1) is 11.8 Å². The first-order valence-electron chi connectivity index (χ1n) is 9.61. The van der Waals surface area contributed by atoms with Crippen LogP contribution in [0.5, 0.6) is 5.75 Å².